The van der Waals surface area contributed by atoms with Gasteiger partial charge >= 0.3 is 0 Å². The van der Waals surface area contributed by atoms with Gasteiger partial charge in [-0.3, -0.25) is 19.4 Å². The molecule has 0 saturated carbocycles. The van der Waals surface area contributed by atoms with Crippen LogP contribution in [0, 0.1) is 5.41 Å². The summed E-state index contributed by atoms with van der Waals surface area (Å²) < 4.78 is 5.62. The smallest absolute Gasteiger partial charge is 0.247 e. The highest BCUT2D eigenvalue weighted by atomic mass is 16.5. The molecule has 2 aromatic carbocycles. The predicted molar refractivity (Wildman–Crippen MR) is 174 cm³/mol. The highest BCUT2D eigenvalue weighted by Crippen LogP contribution is 2.34. The zero-order valence-corrected chi connectivity index (χ0v) is 26.5. The van der Waals surface area contributed by atoms with Gasteiger partial charge in [0.25, 0.3) is 0 Å². The van der Waals surface area contributed by atoms with Crippen molar-refractivity contribution in [1.82, 2.24) is 30.5 Å². The zero-order chi connectivity index (χ0) is 32.3. The first kappa shape index (κ1) is 31.6. The van der Waals surface area contributed by atoms with E-state index in [1.165, 1.54) is 13.4 Å². The molecule has 4 aromatic rings. The summed E-state index contributed by atoms with van der Waals surface area (Å²) in [6.45, 7) is 7.83. The van der Waals surface area contributed by atoms with Crippen molar-refractivity contribution in [1.29, 1.82) is 0 Å². The fourth-order valence-electron chi connectivity index (χ4n) is 5.46. The Morgan fingerprint density at radius 2 is 1.82 bits per heavy atom. The predicted octanol–water partition coefficient (Wildman–Crippen LogP) is 4.00. The number of aromatic nitrogens is 3. The van der Waals surface area contributed by atoms with Crippen molar-refractivity contribution >= 4 is 56.7 Å². The van der Waals surface area contributed by atoms with E-state index >= 15 is 0 Å². The first-order valence-electron chi connectivity index (χ1n) is 15.0. The van der Waals surface area contributed by atoms with E-state index in [0.29, 0.717) is 47.5 Å². The number of hydrogen-bond donors (Lipinski definition) is 4. The third-order valence-electron chi connectivity index (χ3n) is 8.13. The van der Waals surface area contributed by atoms with Crippen LogP contribution in [0.5, 0.6) is 5.75 Å². The standard InChI is InChI=1S/C33H40N8O4/c1-19(34-5)30(42)40-28(33(2,3)4)32(44)41-13-9-12-26(41)31(43)39-25-15-22-24(16-27(25)45-6)36-18-37-29(22)38-21-14-20-10-7-8-11-23(20)35-17-21/h7-8,10-11,14-19,26,28,34H,9,12-13H2,1-6H3,(H,39,43)(H,40,42)(H,36,37,38). The number of amides is 3. The minimum atomic E-state index is -0.806. The summed E-state index contributed by atoms with van der Waals surface area (Å²) in [7, 11) is 3.21. The molecule has 0 radical (unpaired) electrons. The highest BCUT2D eigenvalue weighted by molar-refractivity contribution is 6.03. The molecule has 0 aliphatic carbocycles. The van der Waals surface area contributed by atoms with E-state index in [0.717, 1.165) is 16.6 Å². The summed E-state index contributed by atoms with van der Waals surface area (Å²) in [5.41, 5.74) is 2.10. The van der Waals surface area contributed by atoms with Gasteiger partial charge in [0.15, 0.2) is 0 Å². The largest absolute Gasteiger partial charge is 0.494 e. The molecule has 3 unspecified atom stereocenters. The third kappa shape index (κ3) is 6.80. The molecule has 0 bridgehead atoms. The summed E-state index contributed by atoms with van der Waals surface area (Å²) in [5.74, 6) is 0.0485. The van der Waals surface area contributed by atoms with Gasteiger partial charge < -0.3 is 30.9 Å². The van der Waals surface area contributed by atoms with Gasteiger partial charge in [0, 0.05) is 23.4 Å². The van der Waals surface area contributed by atoms with E-state index in [9.17, 15) is 14.4 Å². The molecule has 3 heterocycles. The van der Waals surface area contributed by atoms with Crippen LogP contribution in [0.4, 0.5) is 17.2 Å². The number of fused-ring (bicyclic) bond motifs is 2. The second kappa shape index (κ2) is 13.0. The Hall–Kier alpha value is -4.84. The number of methoxy groups -OCH3 is 1. The van der Waals surface area contributed by atoms with Crippen molar-refractivity contribution in [3.63, 3.8) is 0 Å². The molecule has 236 valence electrons. The summed E-state index contributed by atoms with van der Waals surface area (Å²) >= 11 is 0. The molecule has 2 aromatic heterocycles. The van der Waals surface area contributed by atoms with Gasteiger partial charge in [-0.05, 0) is 50.4 Å². The van der Waals surface area contributed by atoms with Crippen LogP contribution in [-0.2, 0) is 14.4 Å². The number of anilines is 3. The van der Waals surface area contributed by atoms with Crippen LogP contribution in [0.3, 0.4) is 0 Å². The Morgan fingerprint density at radius 1 is 1.04 bits per heavy atom. The lowest BCUT2D eigenvalue weighted by Crippen LogP contribution is -2.59. The SMILES string of the molecule is CNC(C)C(=O)NC(C(=O)N1CCCC1C(=O)Nc1cc2c(Nc3cnc4ccccc4c3)ncnc2cc1OC)C(C)(C)C. The van der Waals surface area contributed by atoms with Crippen molar-refractivity contribution < 1.29 is 19.1 Å². The van der Waals surface area contributed by atoms with Crippen LogP contribution in [0.2, 0.25) is 0 Å². The topological polar surface area (TPSA) is 150 Å². The summed E-state index contributed by atoms with van der Waals surface area (Å²) in [4.78, 5) is 55.3. The first-order chi connectivity index (χ1) is 21.5. The summed E-state index contributed by atoms with van der Waals surface area (Å²) in [6, 6.07) is 11.3. The number of likely N-dealkylation sites (tertiary alicyclic amines) is 1. The van der Waals surface area contributed by atoms with Crippen molar-refractivity contribution in [3.05, 3.63) is 55.0 Å². The molecule has 4 N–H and O–H groups in total. The van der Waals surface area contributed by atoms with Crippen molar-refractivity contribution in [2.45, 2.75) is 58.7 Å². The fourth-order valence-corrected chi connectivity index (χ4v) is 5.46. The lowest BCUT2D eigenvalue weighted by Gasteiger charge is -2.36. The number of para-hydroxylation sites is 1. The monoisotopic (exact) mass is 612 g/mol. The van der Waals surface area contributed by atoms with Crippen LogP contribution in [0.25, 0.3) is 21.8 Å². The second-order valence-corrected chi connectivity index (χ2v) is 12.3. The van der Waals surface area contributed by atoms with E-state index in [4.69, 9.17) is 4.74 Å². The molecular formula is C33H40N8O4. The van der Waals surface area contributed by atoms with Gasteiger partial charge in [-0.1, -0.05) is 39.0 Å². The molecule has 1 fully saturated rings. The van der Waals surface area contributed by atoms with Crippen molar-refractivity contribution in [3.8, 4) is 5.75 Å². The zero-order valence-electron chi connectivity index (χ0n) is 26.5. The average Bonchev–Trinajstić information content (AvgIpc) is 3.52. The minimum absolute atomic E-state index is 0.280. The molecular weight excluding hydrogens is 572 g/mol. The average molecular weight is 613 g/mol. The number of ether oxygens (including phenoxy) is 1. The van der Waals surface area contributed by atoms with Gasteiger partial charge in [0.2, 0.25) is 17.7 Å². The van der Waals surface area contributed by atoms with Crippen LogP contribution in [0.15, 0.2) is 55.0 Å². The number of carbonyl (C=O) groups excluding carboxylic acids is 3. The molecule has 3 atom stereocenters. The number of rotatable bonds is 9. The maximum atomic E-state index is 13.9. The minimum Gasteiger partial charge on any atom is -0.494 e. The van der Waals surface area contributed by atoms with E-state index < -0.39 is 23.5 Å². The second-order valence-electron chi connectivity index (χ2n) is 12.3. The lowest BCUT2D eigenvalue weighted by molar-refractivity contribution is -0.143. The number of carbonyl (C=O) groups is 3. The van der Waals surface area contributed by atoms with E-state index in [1.54, 1.807) is 37.2 Å². The first-order valence-corrected chi connectivity index (χ1v) is 15.0. The van der Waals surface area contributed by atoms with Gasteiger partial charge in [-0.2, -0.15) is 0 Å². The molecule has 12 nitrogen and oxygen atoms in total. The molecule has 5 rings (SSSR count). The maximum Gasteiger partial charge on any atom is 0.247 e. The number of pyridine rings is 1. The number of nitrogens with one attached hydrogen (secondary N) is 4. The van der Waals surface area contributed by atoms with Gasteiger partial charge in [0.1, 0.15) is 30.0 Å². The van der Waals surface area contributed by atoms with Crippen LogP contribution >= 0.6 is 0 Å². The van der Waals surface area contributed by atoms with Crippen molar-refractivity contribution in [2.75, 3.05) is 31.3 Å². The Bertz CT molecular complexity index is 1740. The maximum absolute atomic E-state index is 13.9. The molecule has 45 heavy (non-hydrogen) atoms. The van der Waals surface area contributed by atoms with Crippen LogP contribution < -0.4 is 26.0 Å². The Balaban J connectivity index is 1.40. The Labute approximate surface area is 262 Å². The van der Waals surface area contributed by atoms with Gasteiger partial charge in [-0.15, -0.1) is 0 Å². The van der Waals surface area contributed by atoms with Crippen molar-refractivity contribution in [2.24, 2.45) is 5.41 Å². The molecule has 12 heteroatoms. The van der Waals surface area contributed by atoms with E-state index in [2.05, 4.69) is 36.2 Å². The van der Waals surface area contributed by atoms with Gasteiger partial charge in [-0.25, -0.2) is 9.97 Å². The van der Waals surface area contributed by atoms with E-state index in [1.807, 2.05) is 51.1 Å². The number of nitrogens with zero attached hydrogens (tertiary/aromatic N) is 4. The fraction of sp³-hybridized carbons (Fsp3) is 0.394. The summed E-state index contributed by atoms with van der Waals surface area (Å²) in [6.07, 6.45) is 4.36. The number of benzene rings is 2. The molecule has 3 amide bonds. The highest BCUT2D eigenvalue weighted by Gasteiger charge is 2.42. The van der Waals surface area contributed by atoms with E-state index in [-0.39, 0.29) is 17.7 Å². The van der Waals surface area contributed by atoms with Crippen LogP contribution in [-0.4, -0.2) is 76.4 Å². The molecule has 0 spiro atoms. The Morgan fingerprint density at radius 3 is 2.56 bits per heavy atom. The molecule has 1 saturated heterocycles. The lowest BCUT2D eigenvalue weighted by atomic mass is 9.85. The van der Waals surface area contributed by atoms with Gasteiger partial charge in [0.05, 0.1) is 41.8 Å². The Kier molecular flexibility index (Phi) is 9.14. The quantitative estimate of drug-likeness (QED) is 0.220. The number of likely N-dealkylation sites (N-methyl/N-ethyl adjacent to an activating group) is 1. The van der Waals surface area contributed by atoms with Crippen LogP contribution in [0.1, 0.15) is 40.5 Å². The third-order valence-corrected chi connectivity index (χ3v) is 8.13. The number of hydrogen-bond acceptors (Lipinski definition) is 9. The molecule has 1 aliphatic heterocycles. The molecule has 1 aliphatic rings. The normalized spacial score (nSPS) is 16.3. The summed E-state index contributed by atoms with van der Waals surface area (Å²) in [5, 5.41) is 13.8.